The third kappa shape index (κ3) is 11.2. The number of nitrogens with zero attached hydrogens (tertiary/aromatic N) is 2. The molecule has 168 valence electrons. The monoisotopic (exact) mass is 439 g/mol. The van der Waals surface area contributed by atoms with Gasteiger partial charge in [-0.25, -0.2) is 4.57 Å². The Morgan fingerprint density at radius 3 is 1.87 bits per heavy atom. The van der Waals surface area contributed by atoms with E-state index in [0.717, 1.165) is 12.3 Å². The molecule has 0 radical (unpaired) electrons. The Labute approximate surface area is 193 Å². The first-order valence-electron chi connectivity index (χ1n) is 11.6. The maximum Gasteiger partial charge on any atom is 0.185 e. The molecule has 0 N–H and O–H groups in total. The van der Waals surface area contributed by atoms with Gasteiger partial charge in [0.15, 0.2) is 17.5 Å². The van der Waals surface area contributed by atoms with Gasteiger partial charge in [0.2, 0.25) is 0 Å². The van der Waals surface area contributed by atoms with Crippen molar-refractivity contribution in [3.8, 4) is 0 Å². The topological polar surface area (TPSA) is 24.2 Å². The summed E-state index contributed by atoms with van der Waals surface area (Å²) >= 11 is 1.46. The highest BCUT2D eigenvalue weighted by molar-refractivity contribution is 8.13. The van der Waals surface area contributed by atoms with Crippen molar-refractivity contribution in [3.63, 3.8) is 0 Å². The first-order valence-corrected chi connectivity index (χ1v) is 12.6. The van der Waals surface area contributed by atoms with Crippen LogP contribution in [0.3, 0.4) is 0 Å². The van der Waals surface area contributed by atoms with Crippen LogP contribution in [-0.2, 0) is 11.3 Å². The Hall–Kier alpha value is -2.07. The molecule has 2 rings (SSSR count). The Morgan fingerprint density at radius 1 is 0.806 bits per heavy atom. The number of benzene rings is 1. The number of hydrogen-bond acceptors (Lipinski definition) is 3. The number of aromatic nitrogens is 1. The van der Waals surface area contributed by atoms with Gasteiger partial charge in [-0.3, -0.25) is 4.79 Å². The number of thioether (sulfide) groups is 1. The zero-order chi connectivity index (χ0) is 22.3. The van der Waals surface area contributed by atoms with E-state index in [2.05, 4.69) is 84.5 Å². The van der Waals surface area contributed by atoms with Crippen LogP contribution >= 0.6 is 11.8 Å². The van der Waals surface area contributed by atoms with Crippen LogP contribution in [0.2, 0.25) is 0 Å². The van der Waals surface area contributed by atoms with E-state index in [9.17, 15) is 4.79 Å². The van der Waals surface area contributed by atoms with Crippen LogP contribution in [0.4, 0.5) is 5.69 Å². The number of pyridine rings is 1. The molecule has 1 heterocycles. The number of rotatable bonds is 14. The van der Waals surface area contributed by atoms with Crippen molar-refractivity contribution in [2.75, 3.05) is 24.7 Å². The molecule has 2 aromatic rings. The fourth-order valence-corrected chi connectivity index (χ4v) is 4.11. The normalized spacial score (nSPS) is 11.2. The van der Waals surface area contributed by atoms with Crippen molar-refractivity contribution in [2.45, 2.75) is 64.8 Å². The van der Waals surface area contributed by atoms with Crippen molar-refractivity contribution >= 4 is 34.7 Å². The fourth-order valence-electron chi connectivity index (χ4n) is 3.48. The van der Waals surface area contributed by atoms with Crippen LogP contribution in [0, 0.1) is 0 Å². The Bertz CT molecular complexity index is 782. The summed E-state index contributed by atoms with van der Waals surface area (Å²) in [5, 5.41) is 0.245. The molecule has 0 fully saturated rings. The van der Waals surface area contributed by atoms with Gasteiger partial charge in [-0.15, -0.1) is 0 Å². The molecular formula is C27H39N2OS+. The molecule has 1 aromatic heterocycles. The summed E-state index contributed by atoms with van der Waals surface area (Å²) in [4.78, 5) is 13.0. The first-order chi connectivity index (χ1) is 15.0. The van der Waals surface area contributed by atoms with Crippen molar-refractivity contribution in [1.82, 2.24) is 0 Å². The van der Waals surface area contributed by atoms with Crippen LogP contribution in [0.15, 0.2) is 48.8 Å². The van der Waals surface area contributed by atoms with Crippen molar-refractivity contribution in [3.05, 3.63) is 59.9 Å². The van der Waals surface area contributed by atoms with Gasteiger partial charge in [0.1, 0.15) is 6.54 Å². The lowest BCUT2D eigenvalue weighted by Crippen LogP contribution is -2.32. The van der Waals surface area contributed by atoms with Gasteiger partial charge in [-0.05, 0) is 36.1 Å². The lowest BCUT2D eigenvalue weighted by molar-refractivity contribution is -0.697. The van der Waals surface area contributed by atoms with E-state index in [1.54, 1.807) is 6.92 Å². The lowest BCUT2D eigenvalue weighted by Gasteiger charge is -2.11. The summed E-state index contributed by atoms with van der Waals surface area (Å²) in [5.74, 6) is 0.991. The Morgan fingerprint density at radius 2 is 1.32 bits per heavy atom. The molecule has 0 aliphatic rings. The second-order valence-electron chi connectivity index (χ2n) is 8.36. The van der Waals surface area contributed by atoms with Gasteiger partial charge in [-0.2, -0.15) is 0 Å². The number of carbonyl (C=O) groups excluding carboxylic acids is 1. The van der Waals surface area contributed by atoms with E-state index < -0.39 is 0 Å². The summed E-state index contributed by atoms with van der Waals surface area (Å²) < 4.78 is 2.29. The van der Waals surface area contributed by atoms with E-state index in [1.807, 2.05) is 0 Å². The van der Waals surface area contributed by atoms with Crippen LogP contribution in [0.1, 0.15) is 69.4 Å². The molecule has 0 bridgehead atoms. The largest absolute Gasteiger partial charge is 0.378 e. The molecule has 4 heteroatoms. The minimum atomic E-state index is 0.245. The van der Waals surface area contributed by atoms with Crippen molar-refractivity contribution in [2.24, 2.45) is 0 Å². The Kier molecular flexibility index (Phi) is 12.1. The maximum absolute atomic E-state index is 10.9. The smallest absolute Gasteiger partial charge is 0.185 e. The first kappa shape index (κ1) is 25.2. The molecule has 0 atom stereocenters. The molecule has 0 saturated heterocycles. The number of aryl methyl sites for hydroxylation is 1. The summed E-state index contributed by atoms with van der Waals surface area (Å²) in [5.41, 5.74) is 3.67. The van der Waals surface area contributed by atoms with Gasteiger partial charge >= 0.3 is 0 Å². The SMILES string of the molecule is CC(=O)SCCCCCCCCCC[n+]1ccc(/C=C/c2ccc(N(C)C)cc2)cc1. The van der Waals surface area contributed by atoms with Crippen LogP contribution in [0.5, 0.6) is 0 Å². The summed E-state index contributed by atoms with van der Waals surface area (Å²) in [6.07, 6.45) is 19.0. The van der Waals surface area contributed by atoms with E-state index in [-0.39, 0.29) is 5.12 Å². The predicted octanol–water partition coefficient (Wildman–Crippen LogP) is 6.61. The molecule has 0 aliphatic heterocycles. The maximum atomic E-state index is 10.9. The summed E-state index contributed by atoms with van der Waals surface area (Å²) in [6, 6.07) is 13.0. The van der Waals surface area contributed by atoms with E-state index in [4.69, 9.17) is 0 Å². The highest BCUT2D eigenvalue weighted by atomic mass is 32.2. The second kappa shape index (κ2) is 14.9. The van der Waals surface area contributed by atoms with Gasteiger partial charge in [0.25, 0.3) is 0 Å². The van der Waals surface area contributed by atoms with E-state index in [0.29, 0.717) is 0 Å². The highest BCUT2D eigenvalue weighted by Crippen LogP contribution is 2.14. The number of hydrogen-bond donors (Lipinski definition) is 0. The molecule has 0 unspecified atom stereocenters. The minimum Gasteiger partial charge on any atom is -0.378 e. The average molecular weight is 440 g/mol. The lowest BCUT2D eigenvalue weighted by atomic mass is 10.1. The van der Waals surface area contributed by atoms with Gasteiger partial charge in [0.05, 0.1) is 0 Å². The van der Waals surface area contributed by atoms with Gasteiger partial charge in [0, 0.05) is 51.0 Å². The van der Waals surface area contributed by atoms with Gasteiger partial charge in [-0.1, -0.05) is 68.2 Å². The zero-order valence-corrected chi connectivity index (χ0v) is 20.4. The molecule has 0 aliphatic carbocycles. The standard InChI is InChI=1S/C27H39N2OS/c1-24(30)31-23-11-9-7-5-4-6-8-10-20-29-21-18-26(19-22-29)13-12-25-14-16-27(17-15-25)28(2)3/h12-19,21-22H,4-11,20,23H2,1-3H3/q+1. The van der Waals surface area contributed by atoms with Gasteiger partial charge < -0.3 is 4.90 Å². The molecule has 3 nitrogen and oxygen atoms in total. The van der Waals surface area contributed by atoms with Crippen molar-refractivity contribution < 1.29 is 9.36 Å². The average Bonchev–Trinajstić information content (AvgIpc) is 2.77. The quantitative estimate of drug-likeness (QED) is 0.244. The fraction of sp³-hybridized carbons (Fsp3) is 0.481. The molecule has 31 heavy (non-hydrogen) atoms. The third-order valence-corrected chi connectivity index (χ3v) is 6.31. The summed E-state index contributed by atoms with van der Waals surface area (Å²) in [6.45, 7) is 2.75. The summed E-state index contributed by atoms with van der Waals surface area (Å²) in [7, 11) is 4.12. The minimum absolute atomic E-state index is 0.245. The molecule has 1 aromatic carbocycles. The second-order valence-corrected chi connectivity index (χ2v) is 9.63. The van der Waals surface area contributed by atoms with E-state index >= 15 is 0 Å². The molecule has 0 spiro atoms. The number of anilines is 1. The van der Waals surface area contributed by atoms with Crippen LogP contribution in [-0.4, -0.2) is 25.0 Å². The molecule has 0 saturated carbocycles. The number of unbranched alkanes of at least 4 members (excludes halogenated alkanes) is 7. The van der Waals surface area contributed by atoms with Crippen molar-refractivity contribution in [1.29, 1.82) is 0 Å². The van der Waals surface area contributed by atoms with Crippen LogP contribution < -0.4 is 9.47 Å². The third-order valence-electron chi connectivity index (χ3n) is 5.41. The predicted molar refractivity (Wildman–Crippen MR) is 136 cm³/mol. The van der Waals surface area contributed by atoms with E-state index in [1.165, 1.54) is 79.9 Å². The Balaban J connectivity index is 1.56. The van der Waals surface area contributed by atoms with Crippen LogP contribution in [0.25, 0.3) is 12.2 Å². The molecule has 0 amide bonds. The molecular weight excluding hydrogens is 400 g/mol. The highest BCUT2D eigenvalue weighted by Gasteiger charge is 2.01. The zero-order valence-electron chi connectivity index (χ0n) is 19.6. The number of carbonyl (C=O) groups is 1.